The van der Waals surface area contributed by atoms with Gasteiger partial charge in [-0.25, -0.2) is 4.79 Å². The van der Waals surface area contributed by atoms with Gasteiger partial charge in [0.15, 0.2) is 0 Å². The first-order valence-corrected chi connectivity index (χ1v) is 4.15. The fraction of sp³-hybridized carbons (Fsp3) is 0.400. The van der Waals surface area contributed by atoms with Gasteiger partial charge in [0.2, 0.25) is 0 Å². The number of carboxylic acid groups (broad SMARTS) is 1. The van der Waals surface area contributed by atoms with E-state index in [0.717, 1.165) is 0 Å². The fourth-order valence-electron chi connectivity index (χ4n) is 0.352. The van der Waals surface area contributed by atoms with Crippen molar-refractivity contribution in [1.82, 2.24) is 0 Å². The molecule has 0 radical (unpaired) electrons. The van der Waals surface area contributed by atoms with Gasteiger partial charge in [0, 0.05) is 4.48 Å². The molecule has 0 saturated carbocycles. The molecular formula is C5H7Br2NO2. The van der Waals surface area contributed by atoms with E-state index in [-0.39, 0.29) is 4.48 Å². The Labute approximate surface area is 75.5 Å². The average molecular weight is 273 g/mol. The van der Waals surface area contributed by atoms with Crippen LogP contribution in [0.15, 0.2) is 8.96 Å². The second kappa shape index (κ2) is 4.87. The van der Waals surface area contributed by atoms with Crippen molar-refractivity contribution >= 4 is 37.8 Å². The molecule has 58 valence electrons. The molecule has 0 bridgehead atoms. The lowest BCUT2D eigenvalue weighted by Crippen LogP contribution is -2.01. The Morgan fingerprint density at radius 1 is 1.50 bits per heavy atom. The zero-order valence-corrected chi connectivity index (χ0v) is 8.27. The van der Waals surface area contributed by atoms with Crippen LogP contribution in [0, 0.1) is 0 Å². The largest absolute Gasteiger partial charge is 0.477 e. The summed E-state index contributed by atoms with van der Waals surface area (Å²) < 4.78 is 0.723. The van der Waals surface area contributed by atoms with Crippen LogP contribution in [-0.2, 0) is 4.79 Å². The van der Waals surface area contributed by atoms with E-state index in [1.807, 2.05) is 0 Å². The van der Waals surface area contributed by atoms with Crippen molar-refractivity contribution in [2.24, 2.45) is 5.73 Å². The Morgan fingerprint density at radius 3 is 2.30 bits per heavy atom. The van der Waals surface area contributed by atoms with Crippen molar-refractivity contribution in [3.05, 3.63) is 8.96 Å². The van der Waals surface area contributed by atoms with Crippen molar-refractivity contribution in [2.45, 2.75) is 6.42 Å². The fourth-order valence-corrected chi connectivity index (χ4v) is 0.949. The number of carboxylic acids is 1. The van der Waals surface area contributed by atoms with Crippen molar-refractivity contribution in [2.75, 3.05) is 6.54 Å². The van der Waals surface area contributed by atoms with Gasteiger partial charge in [-0.05, 0) is 28.9 Å². The molecule has 0 rings (SSSR count). The third kappa shape index (κ3) is 3.34. The molecule has 0 spiro atoms. The van der Waals surface area contributed by atoms with Crippen LogP contribution in [0.4, 0.5) is 0 Å². The van der Waals surface area contributed by atoms with Gasteiger partial charge in [0.1, 0.15) is 4.48 Å². The maximum Gasteiger partial charge on any atom is 0.343 e. The first-order valence-electron chi connectivity index (χ1n) is 2.57. The summed E-state index contributed by atoms with van der Waals surface area (Å²) in [5.74, 6) is -0.986. The Kier molecular flexibility index (Phi) is 4.93. The highest BCUT2D eigenvalue weighted by atomic mass is 79.9. The molecule has 0 aromatic carbocycles. The van der Waals surface area contributed by atoms with E-state index in [1.54, 1.807) is 0 Å². The van der Waals surface area contributed by atoms with E-state index in [0.29, 0.717) is 17.4 Å². The summed E-state index contributed by atoms with van der Waals surface area (Å²) in [5, 5.41) is 8.40. The Balaban J connectivity index is 4.19. The molecule has 3 N–H and O–H groups in total. The van der Waals surface area contributed by atoms with E-state index in [1.165, 1.54) is 0 Å². The molecule has 0 amide bonds. The molecule has 10 heavy (non-hydrogen) atoms. The van der Waals surface area contributed by atoms with Gasteiger partial charge in [-0.1, -0.05) is 15.9 Å². The third-order valence-electron chi connectivity index (χ3n) is 0.790. The van der Waals surface area contributed by atoms with Gasteiger partial charge in [0.25, 0.3) is 0 Å². The number of halogens is 2. The summed E-state index contributed by atoms with van der Waals surface area (Å²) in [4.78, 5) is 10.2. The highest BCUT2D eigenvalue weighted by Gasteiger charge is 2.06. The van der Waals surface area contributed by atoms with Crippen molar-refractivity contribution in [3.63, 3.8) is 0 Å². The molecular weight excluding hydrogens is 266 g/mol. The maximum atomic E-state index is 10.2. The van der Waals surface area contributed by atoms with E-state index < -0.39 is 5.97 Å². The van der Waals surface area contributed by atoms with Gasteiger partial charge in [-0.3, -0.25) is 0 Å². The van der Waals surface area contributed by atoms with Crippen LogP contribution in [0.1, 0.15) is 6.42 Å². The van der Waals surface area contributed by atoms with Crippen LogP contribution in [0.5, 0.6) is 0 Å². The van der Waals surface area contributed by atoms with E-state index in [4.69, 9.17) is 10.8 Å². The summed E-state index contributed by atoms with van der Waals surface area (Å²) in [6.45, 7) is 0.433. The zero-order chi connectivity index (χ0) is 8.15. The normalized spacial score (nSPS) is 12.7. The summed E-state index contributed by atoms with van der Waals surface area (Å²) >= 11 is 5.96. The lowest BCUT2D eigenvalue weighted by Gasteiger charge is -1.96. The van der Waals surface area contributed by atoms with Gasteiger partial charge in [-0.15, -0.1) is 0 Å². The number of hydrogen-bond acceptors (Lipinski definition) is 2. The molecule has 0 atom stereocenters. The van der Waals surface area contributed by atoms with Gasteiger partial charge in [-0.2, -0.15) is 0 Å². The highest BCUT2D eigenvalue weighted by molar-refractivity contribution is 9.14. The molecule has 0 fully saturated rings. The maximum absolute atomic E-state index is 10.2. The third-order valence-corrected chi connectivity index (χ3v) is 2.93. The molecule has 0 aromatic rings. The van der Waals surface area contributed by atoms with Crippen LogP contribution >= 0.6 is 31.9 Å². The molecule has 0 aliphatic rings. The Morgan fingerprint density at radius 2 is 2.00 bits per heavy atom. The summed E-state index contributed by atoms with van der Waals surface area (Å²) in [6, 6.07) is 0. The lowest BCUT2D eigenvalue weighted by molar-refractivity contribution is -0.131. The second-order valence-corrected chi connectivity index (χ2v) is 3.31. The Hall–Kier alpha value is 0.130. The summed E-state index contributed by atoms with van der Waals surface area (Å²) in [5.41, 5.74) is 5.19. The first kappa shape index (κ1) is 10.1. The molecule has 0 unspecified atom stereocenters. The number of rotatable bonds is 3. The van der Waals surface area contributed by atoms with Crippen molar-refractivity contribution in [1.29, 1.82) is 0 Å². The monoisotopic (exact) mass is 271 g/mol. The molecule has 0 aromatic heterocycles. The summed E-state index contributed by atoms with van der Waals surface area (Å²) in [6.07, 6.45) is 0.535. The highest BCUT2D eigenvalue weighted by Crippen LogP contribution is 2.20. The van der Waals surface area contributed by atoms with Crippen LogP contribution in [0.3, 0.4) is 0 Å². The standard InChI is InChI=1S/C5H7Br2NO2/c6-3(1-2-8)4(7)5(9)10/h1-2,8H2,(H,9,10)/b4-3-. The minimum absolute atomic E-state index is 0.137. The van der Waals surface area contributed by atoms with Gasteiger partial charge in [0.05, 0.1) is 0 Å². The molecule has 5 heteroatoms. The van der Waals surface area contributed by atoms with Crippen molar-refractivity contribution in [3.8, 4) is 0 Å². The predicted octanol–water partition coefficient (Wildman–Crippen LogP) is 1.42. The van der Waals surface area contributed by atoms with Gasteiger partial charge >= 0.3 is 5.97 Å². The quantitative estimate of drug-likeness (QED) is 0.764. The number of carbonyl (C=O) groups is 1. The number of nitrogens with two attached hydrogens (primary N) is 1. The van der Waals surface area contributed by atoms with Crippen LogP contribution in [0.2, 0.25) is 0 Å². The molecule has 0 heterocycles. The van der Waals surface area contributed by atoms with E-state index >= 15 is 0 Å². The molecule has 0 aliphatic heterocycles. The van der Waals surface area contributed by atoms with Gasteiger partial charge < -0.3 is 10.8 Å². The molecule has 0 saturated heterocycles. The number of hydrogen-bond donors (Lipinski definition) is 2. The molecule has 0 aliphatic carbocycles. The first-order chi connectivity index (χ1) is 4.59. The summed E-state index contributed by atoms with van der Waals surface area (Å²) in [7, 11) is 0. The van der Waals surface area contributed by atoms with Crippen molar-refractivity contribution < 1.29 is 9.90 Å². The van der Waals surface area contributed by atoms with Crippen LogP contribution < -0.4 is 5.73 Å². The van der Waals surface area contributed by atoms with Crippen LogP contribution in [-0.4, -0.2) is 17.6 Å². The minimum Gasteiger partial charge on any atom is -0.477 e. The molecule has 3 nitrogen and oxygen atoms in total. The Bertz CT molecular complexity index is 167. The number of aliphatic carboxylic acids is 1. The second-order valence-electron chi connectivity index (χ2n) is 1.56. The SMILES string of the molecule is NCC/C(Br)=C(/Br)C(=O)O. The zero-order valence-electron chi connectivity index (χ0n) is 5.10. The minimum atomic E-state index is -0.986. The topological polar surface area (TPSA) is 63.3 Å². The smallest absolute Gasteiger partial charge is 0.343 e. The lowest BCUT2D eigenvalue weighted by atomic mass is 10.4. The predicted molar refractivity (Wildman–Crippen MR) is 46.2 cm³/mol. The van der Waals surface area contributed by atoms with E-state index in [2.05, 4.69) is 31.9 Å². The van der Waals surface area contributed by atoms with Crippen LogP contribution in [0.25, 0.3) is 0 Å². The van der Waals surface area contributed by atoms with E-state index in [9.17, 15) is 4.79 Å². The average Bonchev–Trinajstić information content (AvgIpc) is 1.87.